The number of nitrogens with one attached hydrogen (secondary N) is 1. The molecule has 0 bridgehead atoms. The number of carbonyl (C=O) groups excluding carboxylic acids is 1. The van der Waals surface area contributed by atoms with Crippen molar-refractivity contribution in [2.45, 2.75) is 0 Å². The van der Waals surface area contributed by atoms with Gasteiger partial charge in [0.15, 0.2) is 0 Å². The lowest BCUT2D eigenvalue weighted by Crippen LogP contribution is -2.13. The van der Waals surface area contributed by atoms with Gasteiger partial charge >= 0.3 is 0 Å². The zero-order valence-electron chi connectivity index (χ0n) is 10.9. The van der Waals surface area contributed by atoms with Crippen LogP contribution in [0.1, 0.15) is 5.56 Å². The first-order valence-corrected chi connectivity index (χ1v) is 6.85. The molecule has 5 heteroatoms. The molecule has 1 amide bonds. The maximum absolute atomic E-state index is 12.0. The first-order chi connectivity index (χ1) is 10.1. The third-order valence-electron chi connectivity index (χ3n) is 2.67. The Morgan fingerprint density at radius 1 is 1.14 bits per heavy atom. The molecule has 0 aliphatic heterocycles. The fraction of sp³-hybridized carbons (Fsp3) is 0. The molecule has 21 heavy (non-hydrogen) atoms. The minimum Gasteiger partial charge on any atom is -0.508 e. The molecule has 0 unspecified atom stereocenters. The molecule has 2 aromatic carbocycles. The fourth-order valence-corrected chi connectivity index (χ4v) is 1.88. The lowest BCUT2D eigenvalue weighted by molar-refractivity contribution is -0.112. The molecular formula is C16H11BrN2O2. The van der Waals surface area contributed by atoms with Crippen LogP contribution in [-0.4, -0.2) is 11.0 Å². The normalized spacial score (nSPS) is 10.8. The van der Waals surface area contributed by atoms with Gasteiger partial charge in [-0.3, -0.25) is 4.79 Å². The summed E-state index contributed by atoms with van der Waals surface area (Å²) in [6.45, 7) is 0. The largest absolute Gasteiger partial charge is 0.508 e. The van der Waals surface area contributed by atoms with Crippen LogP contribution in [0.4, 0.5) is 5.69 Å². The van der Waals surface area contributed by atoms with Crippen LogP contribution in [0.5, 0.6) is 5.75 Å². The van der Waals surface area contributed by atoms with E-state index in [0.717, 1.165) is 10.0 Å². The van der Waals surface area contributed by atoms with Gasteiger partial charge in [0.1, 0.15) is 17.4 Å². The third kappa shape index (κ3) is 4.20. The van der Waals surface area contributed by atoms with Crippen LogP contribution in [0.3, 0.4) is 0 Å². The highest BCUT2D eigenvalue weighted by Gasteiger charge is 2.09. The van der Waals surface area contributed by atoms with Gasteiger partial charge in [-0.2, -0.15) is 5.26 Å². The smallest absolute Gasteiger partial charge is 0.266 e. The minimum atomic E-state index is -0.494. The summed E-state index contributed by atoms with van der Waals surface area (Å²) in [7, 11) is 0. The molecule has 4 nitrogen and oxygen atoms in total. The summed E-state index contributed by atoms with van der Waals surface area (Å²) in [5, 5.41) is 20.9. The van der Waals surface area contributed by atoms with E-state index >= 15 is 0 Å². The standard InChI is InChI=1S/C16H11BrN2O2/c17-13-3-1-11(2-4-13)9-12(10-18)16(21)19-14-5-7-15(20)8-6-14/h1-9,20H,(H,19,21). The Kier molecular flexibility index (Phi) is 4.75. The summed E-state index contributed by atoms with van der Waals surface area (Å²) in [4.78, 5) is 12.0. The fourth-order valence-electron chi connectivity index (χ4n) is 1.62. The summed E-state index contributed by atoms with van der Waals surface area (Å²) in [5.74, 6) is -0.384. The van der Waals surface area contributed by atoms with Crippen molar-refractivity contribution < 1.29 is 9.90 Å². The van der Waals surface area contributed by atoms with Crippen molar-refractivity contribution in [3.8, 4) is 11.8 Å². The van der Waals surface area contributed by atoms with Crippen LogP contribution in [0.25, 0.3) is 6.08 Å². The Morgan fingerprint density at radius 3 is 2.33 bits per heavy atom. The molecule has 0 aliphatic rings. The van der Waals surface area contributed by atoms with E-state index in [1.165, 1.54) is 18.2 Å². The molecule has 0 heterocycles. The van der Waals surface area contributed by atoms with Gasteiger partial charge in [-0.1, -0.05) is 28.1 Å². The lowest BCUT2D eigenvalue weighted by Gasteiger charge is -2.04. The van der Waals surface area contributed by atoms with E-state index in [1.54, 1.807) is 24.3 Å². The molecule has 2 rings (SSSR count). The Bertz CT molecular complexity index is 713. The topological polar surface area (TPSA) is 73.1 Å². The van der Waals surface area contributed by atoms with Crippen LogP contribution in [0, 0.1) is 11.3 Å². The van der Waals surface area contributed by atoms with Crippen LogP contribution < -0.4 is 5.32 Å². The molecule has 0 aliphatic carbocycles. The van der Waals surface area contributed by atoms with Gasteiger partial charge in [-0.05, 0) is 48.0 Å². The maximum Gasteiger partial charge on any atom is 0.266 e. The first-order valence-electron chi connectivity index (χ1n) is 6.06. The van der Waals surface area contributed by atoms with Gasteiger partial charge in [0.05, 0.1) is 0 Å². The van der Waals surface area contributed by atoms with Crippen molar-refractivity contribution in [3.05, 3.63) is 64.1 Å². The number of hydrogen-bond donors (Lipinski definition) is 2. The number of amides is 1. The highest BCUT2D eigenvalue weighted by Crippen LogP contribution is 2.16. The Labute approximate surface area is 130 Å². The van der Waals surface area contributed by atoms with E-state index < -0.39 is 5.91 Å². The predicted octanol–water partition coefficient (Wildman–Crippen LogP) is 3.70. The van der Waals surface area contributed by atoms with Crippen molar-refractivity contribution in [2.75, 3.05) is 5.32 Å². The van der Waals surface area contributed by atoms with Crippen LogP contribution >= 0.6 is 15.9 Å². The molecule has 0 spiro atoms. The van der Waals surface area contributed by atoms with Crippen molar-refractivity contribution >= 4 is 33.6 Å². The van der Waals surface area contributed by atoms with E-state index in [4.69, 9.17) is 5.26 Å². The predicted molar refractivity (Wildman–Crippen MR) is 84.5 cm³/mol. The number of aromatic hydroxyl groups is 1. The average molecular weight is 343 g/mol. The van der Waals surface area contributed by atoms with Crippen molar-refractivity contribution in [1.29, 1.82) is 5.26 Å². The number of phenolic OH excluding ortho intramolecular Hbond substituents is 1. The maximum atomic E-state index is 12.0. The highest BCUT2D eigenvalue weighted by atomic mass is 79.9. The number of hydrogen-bond acceptors (Lipinski definition) is 3. The minimum absolute atomic E-state index is 0.00500. The quantitative estimate of drug-likeness (QED) is 0.507. The van der Waals surface area contributed by atoms with Crippen LogP contribution in [-0.2, 0) is 4.79 Å². The number of carbonyl (C=O) groups is 1. The van der Waals surface area contributed by atoms with Crippen LogP contribution in [0.15, 0.2) is 58.6 Å². The molecule has 104 valence electrons. The van der Waals surface area contributed by atoms with Gasteiger partial charge in [0.2, 0.25) is 0 Å². The summed E-state index contributed by atoms with van der Waals surface area (Å²) < 4.78 is 0.923. The molecule has 0 saturated carbocycles. The van der Waals surface area contributed by atoms with Crippen LogP contribution in [0.2, 0.25) is 0 Å². The number of benzene rings is 2. The Hall–Kier alpha value is -2.58. The van der Waals surface area contributed by atoms with Gasteiger partial charge in [0, 0.05) is 10.2 Å². The van der Waals surface area contributed by atoms with E-state index in [1.807, 2.05) is 18.2 Å². The Morgan fingerprint density at radius 2 is 1.76 bits per heavy atom. The second kappa shape index (κ2) is 6.73. The van der Waals surface area contributed by atoms with Crippen molar-refractivity contribution in [2.24, 2.45) is 0 Å². The van der Waals surface area contributed by atoms with Gasteiger partial charge in [0.25, 0.3) is 5.91 Å². The summed E-state index contributed by atoms with van der Waals surface area (Å²) >= 11 is 3.32. The summed E-state index contributed by atoms with van der Waals surface area (Å²) in [5.41, 5.74) is 1.27. The van der Waals surface area contributed by atoms with Crippen molar-refractivity contribution in [1.82, 2.24) is 0 Å². The summed E-state index contributed by atoms with van der Waals surface area (Å²) in [6, 6.07) is 15.2. The van der Waals surface area contributed by atoms with Crippen molar-refractivity contribution in [3.63, 3.8) is 0 Å². The van der Waals surface area contributed by atoms with E-state index in [2.05, 4.69) is 21.2 Å². The van der Waals surface area contributed by atoms with E-state index in [-0.39, 0.29) is 11.3 Å². The third-order valence-corrected chi connectivity index (χ3v) is 3.20. The lowest BCUT2D eigenvalue weighted by atomic mass is 10.1. The number of anilines is 1. The monoisotopic (exact) mass is 342 g/mol. The molecule has 0 atom stereocenters. The van der Waals surface area contributed by atoms with Gasteiger partial charge < -0.3 is 10.4 Å². The molecule has 0 radical (unpaired) electrons. The first kappa shape index (κ1) is 14.8. The SMILES string of the molecule is N#CC(=Cc1ccc(Br)cc1)C(=O)Nc1ccc(O)cc1. The second-order valence-corrected chi connectivity index (χ2v) is 5.14. The molecule has 0 aromatic heterocycles. The highest BCUT2D eigenvalue weighted by molar-refractivity contribution is 9.10. The average Bonchev–Trinajstić information content (AvgIpc) is 2.49. The molecule has 0 saturated heterocycles. The molecule has 2 aromatic rings. The zero-order chi connectivity index (χ0) is 15.2. The van der Waals surface area contributed by atoms with E-state index in [0.29, 0.717) is 5.69 Å². The Balaban J connectivity index is 2.17. The number of halogens is 1. The zero-order valence-corrected chi connectivity index (χ0v) is 12.5. The number of phenols is 1. The molecule has 2 N–H and O–H groups in total. The second-order valence-electron chi connectivity index (χ2n) is 4.22. The van der Waals surface area contributed by atoms with E-state index in [9.17, 15) is 9.90 Å². The molecular weight excluding hydrogens is 332 g/mol. The number of nitriles is 1. The van der Waals surface area contributed by atoms with Gasteiger partial charge in [-0.25, -0.2) is 0 Å². The molecule has 0 fully saturated rings. The number of rotatable bonds is 3. The summed E-state index contributed by atoms with van der Waals surface area (Å²) in [6.07, 6.45) is 1.52. The number of nitrogens with zero attached hydrogens (tertiary/aromatic N) is 1. The van der Waals surface area contributed by atoms with Gasteiger partial charge in [-0.15, -0.1) is 0 Å².